The lowest BCUT2D eigenvalue weighted by molar-refractivity contribution is -0.127. The van der Waals surface area contributed by atoms with Gasteiger partial charge < -0.3 is 15.4 Å². The Balaban J connectivity index is 2.48. The van der Waals surface area contributed by atoms with E-state index in [1.54, 1.807) is 6.92 Å². The first-order chi connectivity index (χ1) is 9.69. The summed E-state index contributed by atoms with van der Waals surface area (Å²) in [6.07, 6.45) is 2.83. The van der Waals surface area contributed by atoms with Gasteiger partial charge in [0.25, 0.3) is 5.91 Å². The van der Waals surface area contributed by atoms with E-state index in [2.05, 4.69) is 17.6 Å². The second-order valence-corrected chi connectivity index (χ2v) is 4.90. The number of benzene rings is 1. The van der Waals surface area contributed by atoms with Gasteiger partial charge in [-0.3, -0.25) is 4.79 Å². The van der Waals surface area contributed by atoms with Crippen LogP contribution in [0.5, 0.6) is 5.75 Å². The molecule has 0 spiro atoms. The number of carbonyl (C=O) groups excluding carboxylic acids is 1. The third-order valence-electron chi connectivity index (χ3n) is 3.09. The molecule has 0 saturated carbocycles. The zero-order valence-corrected chi connectivity index (χ0v) is 12.7. The molecule has 0 aliphatic carbocycles. The molecule has 1 rings (SSSR count). The maximum atomic E-state index is 11.9. The summed E-state index contributed by atoms with van der Waals surface area (Å²) in [6, 6.07) is 7.78. The number of hydrogen-bond acceptors (Lipinski definition) is 3. The van der Waals surface area contributed by atoms with Gasteiger partial charge in [0.2, 0.25) is 0 Å². The number of ether oxygens (including phenoxy) is 1. The summed E-state index contributed by atoms with van der Waals surface area (Å²) in [7, 11) is 1.89. The van der Waals surface area contributed by atoms with E-state index in [4.69, 9.17) is 4.74 Å². The average molecular weight is 278 g/mol. The highest BCUT2D eigenvalue weighted by atomic mass is 16.5. The number of unbranched alkanes of at least 4 members (excludes halogenated alkanes) is 2. The van der Waals surface area contributed by atoms with Crippen LogP contribution in [0.1, 0.15) is 38.7 Å². The zero-order chi connectivity index (χ0) is 14.8. The minimum Gasteiger partial charge on any atom is -0.481 e. The summed E-state index contributed by atoms with van der Waals surface area (Å²) in [5, 5.41) is 6.00. The number of amides is 1. The predicted octanol–water partition coefficient (Wildman–Crippen LogP) is 2.48. The Kier molecular flexibility index (Phi) is 7.73. The topological polar surface area (TPSA) is 50.4 Å². The van der Waals surface area contributed by atoms with Crippen molar-refractivity contribution in [2.45, 2.75) is 45.8 Å². The molecule has 0 aliphatic heterocycles. The van der Waals surface area contributed by atoms with E-state index in [9.17, 15) is 4.79 Å². The van der Waals surface area contributed by atoms with E-state index in [-0.39, 0.29) is 5.91 Å². The molecule has 4 nitrogen and oxygen atoms in total. The molecule has 0 heterocycles. The monoisotopic (exact) mass is 278 g/mol. The van der Waals surface area contributed by atoms with Crippen LogP contribution in [0, 0.1) is 0 Å². The highest BCUT2D eigenvalue weighted by Gasteiger charge is 2.15. The summed E-state index contributed by atoms with van der Waals surface area (Å²) in [6.45, 7) is 5.37. The van der Waals surface area contributed by atoms with E-state index in [0.717, 1.165) is 43.7 Å². The summed E-state index contributed by atoms with van der Waals surface area (Å²) < 4.78 is 5.76. The Labute approximate surface area is 121 Å². The van der Waals surface area contributed by atoms with Gasteiger partial charge in [-0.1, -0.05) is 38.0 Å². The number of para-hydroxylation sites is 1. The van der Waals surface area contributed by atoms with Crippen LogP contribution in [-0.4, -0.2) is 25.6 Å². The molecule has 1 unspecified atom stereocenters. The molecule has 2 N–H and O–H groups in total. The molecule has 1 amide bonds. The minimum atomic E-state index is -0.477. The summed E-state index contributed by atoms with van der Waals surface area (Å²) in [4.78, 5) is 11.9. The van der Waals surface area contributed by atoms with E-state index < -0.39 is 6.10 Å². The molecule has 0 aromatic heterocycles. The lowest BCUT2D eigenvalue weighted by Crippen LogP contribution is -2.37. The van der Waals surface area contributed by atoms with Crippen LogP contribution in [0.25, 0.3) is 0 Å². The molecular weight excluding hydrogens is 252 g/mol. The van der Waals surface area contributed by atoms with Gasteiger partial charge >= 0.3 is 0 Å². The van der Waals surface area contributed by atoms with Crippen LogP contribution in [0.3, 0.4) is 0 Å². The molecule has 1 atom stereocenters. The molecule has 1 aromatic rings. The highest BCUT2D eigenvalue weighted by molar-refractivity contribution is 5.80. The quantitative estimate of drug-likeness (QED) is 0.682. The summed E-state index contributed by atoms with van der Waals surface area (Å²) in [5.41, 5.74) is 1.06. The minimum absolute atomic E-state index is 0.0552. The van der Waals surface area contributed by atoms with Crippen molar-refractivity contribution >= 4 is 5.91 Å². The number of rotatable bonds is 9. The average Bonchev–Trinajstić information content (AvgIpc) is 2.45. The molecule has 0 fully saturated rings. The Hall–Kier alpha value is -1.55. The molecule has 0 aliphatic rings. The van der Waals surface area contributed by atoms with Crippen molar-refractivity contribution in [2.75, 3.05) is 13.6 Å². The van der Waals surface area contributed by atoms with E-state index in [1.807, 2.05) is 31.3 Å². The first-order valence-electron chi connectivity index (χ1n) is 7.36. The second-order valence-electron chi connectivity index (χ2n) is 4.90. The number of nitrogens with one attached hydrogen (secondary N) is 2. The van der Waals surface area contributed by atoms with Crippen LogP contribution in [0.15, 0.2) is 24.3 Å². The van der Waals surface area contributed by atoms with Crippen molar-refractivity contribution in [3.05, 3.63) is 29.8 Å². The molecule has 0 radical (unpaired) electrons. The Morgan fingerprint density at radius 1 is 1.30 bits per heavy atom. The Morgan fingerprint density at radius 2 is 2.05 bits per heavy atom. The van der Waals surface area contributed by atoms with Gasteiger partial charge in [-0.15, -0.1) is 0 Å². The number of carbonyl (C=O) groups is 1. The molecule has 0 saturated heterocycles. The molecule has 1 aromatic carbocycles. The van der Waals surface area contributed by atoms with Gasteiger partial charge in [-0.05, 0) is 26.5 Å². The maximum absolute atomic E-state index is 11.9. The van der Waals surface area contributed by atoms with Crippen molar-refractivity contribution in [3.63, 3.8) is 0 Å². The van der Waals surface area contributed by atoms with Gasteiger partial charge in [-0.2, -0.15) is 0 Å². The van der Waals surface area contributed by atoms with Crippen molar-refractivity contribution in [3.8, 4) is 5.75 Å². The van der Waals surface area contributed by atoms with E-state index in [1.165, 1.54) is 0 Å². The van der Waals surface area contributed by atoms with Crippen molar-refractivity contribution in [1.82, 2.24) is 10.6 Å². The third kappa shape index (κ3) is 5.61. The van der Waals surface area contributed by atoms with Crippen molar-refractivity contribution in [1.29, 1.82) is 0 Å². The largest absolute Gasteiger partial charge is 0.481 e. The fourth-order valence-corrected chi connectivity index (χ4v) is 1.93. The lowest BCUT2D eigenvalue weighted by atomic mass is 10.2. The van der Waals surface area contributed by atoms with Crippen LogP contribution in [0.2, 0.25) is 0 Å². The molecule has 112 valence electrons. The predicted molar refractivity (Wildman–Crippen MR) is 81.8 cm³/mol. The lowest BCUT2D eigenvalue weighted by Gasteiger charge is -2.17. The van der Waals surface area contributed by atoms with E-state index >= 15 is 0 Å². The van der Waals surface area contributed by atoms with Crippen LogP contribution < -0.4 is 15.4 Å². The summed E-state index contributed by atoms with van der Waals surface area (Å²) >= 11 is 0. The first-order valence-corrected chi connectivity index (χ1v) is 7.36. The Morgan fingerprint density at radius 3 is 2.75 bits per heavy atom. The normalized spacial score (nSPS) is 11.9. The fourth-order valence-electron chi connectivity index (χ4n) is 1.93. The van der Waals surface area contributed by atoms with Crippen molar-refractivity contribution in [2.24, 2.45) is 0 Å². The molecule has 4 heteroatoms. The SMILES string of the molecule is CCCCCNC(=O)C(C)Oc1ccccc1CNC. The molecule has 0 bridgehead atoms. The van der Waals surface area contributed by atoms with Gasteiger partial charge in [0.15, 0.2) is 6.10 Å². The van der Waals surface area contributed by atoms with Gasteiger partial charge in [0, 0.05) is 18.7 Å². The standard InChI is InChI=1S/C16H26N2O2/c1-4-5-8-11-18-16(19)13(2)20-15-10-7-6-9-14(15)12-17-3/h6-7,9-10,13,17H,4-5,8,11-12H2,1-3H3,(H,18,19). The van der Waals surface area contributed by atoms with E-state index in [0.29, 0.717) is 0 Å². The maximum Gasteiger partial charge on any atom is 0.260 e. The molecule has 20 heavy (non-hydrogen) atoms. The highest BCUT2D eigenvalue weighted by Crippen LogP contribution is 2.19. The van der Waals surface area contributed by atoms with Crippen LogP contribution in [-0.2, 0) is 11.3 Å². The third-order valence-corrected chi connectivity index (χ3v) is 3.09. The first kappa shape index (κ1) is 16.5. The van der Waals surface area contributed by atoms with Crippen LogP contribution >= 0.6 is 0 Å². The van der Waals surface area contributed by atoms with Gasteiger partial charge in [-0.25, -0.2) is 0 Å². The smallest absolute Gasteiger partial charge is 0.260 e. The Bertz CT molecular complexity index is 407. The molecular formula is C16H26N2O2. The van der Waals surface area contributed by atoms with Crippen molar-refractivity contribution < 1.29 is 9.53 Å². The second kappa shape index (κ2) is 9.37. The van der Waals surface area contributed by atoms with Gasteiger partial charge in [0.1, 0.15) is 5.75 Å². The summed E-state index contributed by atoms with van der Waals surface area (Å²) in [5.74, 6) is 0.707. The zero-order valence-electron chi connectivity index (χ0n) is 12.7. The van der Waals surface area contributed by atoms with Gasteiger partial charge in [0.05, 0.1) is 0 Å². The fraction of sp³-hybridized carbons (Fsp3) is 0.562. The number of hydrogen-bond donors (Lipinski definition) is 2. The van der Waals surface area contributed by atoms with Crippen LogP contribution in [0.4, 0.5) is 0 Å².